The van der Waals surface area contributed by atoms with Gasteiger partial charge in [-0.3, -0.25) is 14.2 Å². The van der Waals surface area contributed by atoms with Crippen LogP contribution in [-0.2, 0) is 9.53 Å². The van der Waals surface area contributed by atoms with E-state index in [0.717, 1.165) is 12.1 Å². The van der Waals surface area contributed by atoms with Crippen LogP contribution in [0.5, 0.6) is 5.75 Å². The summed E-state index contributed by atoms with van der Waals surface area (Å²) < 4.78 is 34.2. The lowest BCUT2D eigenvalue weighted by molar-refractivity contribution is -0.148. The Labute approximate surface area is 166 Å². The van der Waals surface area contributed by atoms with E-state index in [9.17, 15) is 23.5 Å². The molecule has 0 aliphatic heterocycles. The third-order valence-corrected chi connectivity index (χ3v) is 4.73. The van der Waals surface area contributed by atoms with Gasteiger partial charge in [0.1, 0.15) is 5.82 Å². The van der Waals surface area contributed by atoms with Crippen LogP contribution in [0.3, 0.4) is 0 Å². The van der Waals surface area contributed by atoms with Gasteiger partial charge in [-0.1, -0.05) is 6.07 Å². The number of benzene rings is 2. The van der Waals surface area contributed by atoms with E-state index in [-0.39, 0.29) is 17.2 Å². The van der Waals surface area contributed by atoms with Crippen LogP contribution in [0.15, 0.2) is 36.4 Å². The number of aromatic hydroxyl groups is 1. The lowest BCUT2D eigenvalue weighted by Gasteiger charge is -2.15. The first-order valence-electron chi connectivity index (χ1n) is 9.16. The minimum atomic E-state index is -0.910. The highest BCUT2D eigenvalue weighted by atomic mass is 19.1. The molecule has 5 nitrogen and oxygen atoms in total. The van der Waals surface area contributed by atoms with E-state index in [0.29, 0.717) is 16.6 Å². The Kier molecular flexibility index (Phi) is 5.42. The highest BCUT2D eigenvalue weighted by molar-refractivity contribution is 6.05. The van der Waals surface area contributed by atoms with Crippen LogP contribution >= 0.6 is 0 Å². The monoisotopic (exact) mass is 401 g/mol. The third-order valence-electron chi connectivity index (χ3n) is 4.73. The van der Waals surface area contributed by atoms with Crippen molar-refractivity contribution in [1.29, 1.82) is 0 Å². The fourth-order valence-electron chi connectivity index (χ4n) is 3.46. The van der Waals surface area contributed by atoms with Gasteiger partial charge in [0.05, 0.1) is 17.5 Å². The van der Waals surface area contributed by atoms with Crippen LogP contribution in [0.25, 0.3) is 10.9 Å². The summed E-state index contributed by atoms with van der Waals surface area (Å²) in [6, 6.07) is 7.36. The molecule has 1 N–H and O–H groups in total. The summed E-state index contributed by atoms with van der Waals surface area (Å²) in [5.74, 6) is -3.95. The predicted octanol–water partition coefficient (Wildman–Crippen LogP) is 4.68. The van der Waals surface area contributed by atoms with Crippen LogP contribution in [-0.4, -0.2) is 27.7 Å². The van der Waals surface area contributed by atoms with Crippen molar-refractivity contribution in [3.05, 3.63) is 64.9 Å². The van der Waals surface area contributed by atoms with E-state index in [1.807, 2.05) is 0 Å². The van der Waals surface area contributed by atoms with E-state index in [4.69, 9.17) is 4.74 Å². The van der Waals surface area contributed by atoms with Gasteiger partial charge in [-0.25, -0.2) is 8.78 Å². The first kappa shape index (κ1) is 20.5. The van der Waals surface area contributed by atoms with Crippen molar-refractivity contribution in [2.24, 2.45) is 0 Å². The Bertz CT molecular complexity index is 1120. The number of phenols is 1. The second-order valence-corrected chi connectivity index (χ2v) is 7.18. The summed E-state index contributed by atoms with van der Waals surface area (Å²) in [6.45, 7) is 6.66. The molecule has 0 aliphatic rings. The smallest absolute Gasteiger partial charge is 0.313 e. The molecule has 29 heavy (non-hydrogen) atoms. The van der Waals surface area contributed by atoms with Crippen molar-refractivity contribution in [2.75, 3.05) is 0 Å². The maximum atomic E-state index is 14.1. The Balaban J connectivity index is 2.26. The zero-order valence-electron chi connectivity index (χ0n) is 16.5. The van der Waals surface area contributed by atoms with E-state index in [2.05, 4.69) is 0 Å². The lowest BCUT2D eigenvalue weighted by atomic mass is 9.97. The topological polar surface area (TPSA) is 68.5 Å². The SMILES string of the molecule is Cc1c([C@H](C)C(=O)OC(C)C)c2cc(O)c(F)cc2n1C(=O)c1cccc(F)c1. The van der Waals surface area contributed by atoms with E-state index < -0.39 is 35.2 Å². The Morgan fingerprint density at radius 1 is 1.10 bits per heavy atom. The Morgan fingerprint density at radius 3 is 2.41 bits per heavy atom. The highest BCUT2D eigenvalue weighted by Crippen LogP contribution is 2.36. The van der Waals surface area contributed by atoms with Gasteiger partial charge in [0.15, 0.2) is 11.6 Å². The number of halogens is 2. The zero-order chi connectivity index (χ0) is 21.5. The molecule has 1 atom stereocenters. The largest absolute Gasteiger partial charge is 0.505 e. The number of aromatic nitrogens is 1. The standard InChI is InChI=1S/C22H21F2NO4/c1-11(2)29-22(28)12(3)20-13(4)25(18-10-17(24)19(26)9-16(18)20)21(27)14-6-5-7-15(23)8-14/h5-12,26H,1-4H3/t12-/m0/s1. The quantitative estimate of drug-likeness (QED) is 0.645. The van der Waals surface area contributed by atoms with Gasteiger partial charge in [-0.05, 0) is 57.5 Å². The van der Waals surface area contributed by atoms with Crippen LogP contribution in [0.2, 0.25) is 0 Å². The van der Waals surface area contributed by atoms with Crippen molar-refractivity contribution in [2.45, 2.75) is 39.7 Å². The number of hydrogen-bond donors (Lipinski definition) is 1. The fraction of sp³-hybridized carbons (Fsp3) is 0.273. The second-order valence-electron chi connectivity index (χ2n) is 7.18. The van der Waals surface area contributed by atoms with Crippen LogP contribution < -0.4 is 0 Å². The maximum Gasteiger partial charge on any atom is 0.313 e. The van der Waals surface area contributed by atoms with Gasteiger partial charge in [0.2, 0.25) is 0 Å². The molecule has 0 bridgehead atoms. The molecule has 7 heteroatoms. The minimum Gasteiger partial charge on any atom is -0.505 e. The average molecular weight is 401 g/mol. The first-order chi connectivity index (χ1) is 13.6. The summed E-state index contributed by atoms with van der Waals surface area (Å²) >= 11 is 0. The van der Waals surface area contributed by atoms with Crippen LogP contribution in [0, 0.1) is 18.6 Å². The molecule has 0 fully saturated rings. The number of carbonyl (C=O) groups is 2. The molecule has 0 saturated heterocycles. The number of carbonyl (C=O) groups excluding carboxylic acids is 2. The van der Waals surface area contributed by atoms with Gasteiger partial charge < -0.3 is 9.84 Å². The minimum absolute atomic E-state index is 0.0717. The Hall–Kier alpha value is -3.22. The molecule has 3 aromatic rings. The van der Waals surface area contributed by atoms with Crippen molar-refractivity contribution in [3.8, 4) is 5.75 Å². The van der Waals surface area contributed by atoms with Gasteiger partial charge in [0, 0.05) is 22.7 Å². The zero-order valence-corrected chi connectivity index (χ0v) is 16.5. The van der Waals surface area contributed by atoms with Gasteiger partial charge >= 0.3 is 5.97 Å². The van der Waals surface area contributed by atoms with E-state index >= 15 is 0 Å². The van der Waals surface area contributed by atoms with Crippen molar-refractivity contribution < 1.29 is 28.2 Å². The number of esters is 1. The molecule has 0 unspecified atom stereocenters. The highest BCUT2D eigenvalue weighted by Gasteiger charge is 2.29. The van der Waals surface area contributed by atoms with Gasteiger partial charge in [0.25, 0.3) is 5.91 Å². The molecule has 1 aromatic heterocycles. The molecule has 1 heterocycles. The van der Waals surface area contributed by atoms with Crippen molar-refractivity contribution in [3.63, 3.8) is 0 Å². The summed E-state index contributed by atoms with van der Waals surface area (Å²) in [5, 5.41) is 10.2. The summed E-state index contributed by atoms with van der Waals surface area (Å²) in [5.41, 5.74) is 1.06. The number of ether oxygens (including phenoxy) is 1. The molecular formula is C22H21F2NO4. The van der Waals surface area contributed by atoms with E-state index in [1.54, 1.807) is 27.7 Å². The Morgan fingerprint density at radius 2 is 1.79 bits per heavy atom. The molecular weight excluding hydrogens is 380 g/mol. The van der Waals surface area contributed by atoms with Gasteiger partial charge in [-0.15, -0.1) is 0 Å². The normalized spacial score (nSPS) is 12.4. The predicted molar refractivity (Wildman–Crippen MR) is 104 cm³/mol. The molecule has 2 aromatic carbocycles. The number of fused-ring (bicyclic) bond motifs is 1. The van der Waals surface area contributed by atoms with Crippen molar-refractivity contribution in [1.82, 2.24) is 4.57 Å². The van der Waals surface area contributed by atoms with Crippen molar-refractivity contribution >= 4 is 22.8 Å². The number of phenolic OH excluding ortho intramolecular Hbond substituents is 1. The van der Waals surface area contributed by atoms with Gasteiger partial charge in [-0.2, -0.15) is 0 Å². The summed E-state index contributed by atoms with van der Waals surface area (Å²) in [4.78, 5) is 25.6. The molecule has 3 rings (SSSR count). The van der Waals surface area contributed by atoms with Crippen LogP contribution in [0.4, 0.5) is 8.78 Å². The van der Waals surface area contributed by atoms with Crippen LogP contribution in [0.1, 0.15) is 48.3 Å². The molecule has 0 saturated carbocycles. The number of hydrogen-bond acceptors (Lipinski definition) is 4. The number of rotatable bonds is 4. The lowest BCUT2D eigenvalue weighted by Crippen LogP contribution is -2.19. The second kappa shape index (κ2) is 7.66. The average Bonchev–Trinajstić information content (AvgIpc) is 2.91. The fourth-order valence-corrected chi connectivity index (χ4v) is 3.46. The number of nitrogens with zero attached hydrogens (tertiary/aromatic N) is 1. The summed E-state index contributed by atoms with van der Waals surface area (Å²) in [6.07, 6.45) is -0.335. The molecule has 0 spiro atoms. The molecule has 0 radical (unpaired) electrons. The third kappa shape index (κ3) is 3.72. The summed E-state index contributed by atoms with van der Waals surface area (Å²) in [7, 11) is 0. The molecule has 0 aliphatic carbocycles. The molecule has 152 valence electrons. The maximum absolute atomic E-state index is 14.1. The van der Waals surface area contributed by atoms with E-state index in [1.165, 1.54) is 28.8 Å². The first-order valence-corrected chi connectivity index (χ1v) is 9.16. The molecule has 0 amide bonds.